The van der Waals surface area contributed by atoms with Crippen LogP contribution in [-0.2, 0) is 6.42 Å². The number of hydrogen-bond acceptors (Lipinski definition) is 2. The summed E-state index contributed by atoms with van der Waals surface area (Å²) in [6, 6.07) is 6.54. The van der Waals surface area contributed by atoms with Crippen molar-refractivity contribution in [3.63, 3.8) is 0 Å². The van der Waals surface area contributed by atoms with Crippen LogP contribution < -0.4 is 5.32 Å². The molecule has 1 unspecified atom stereocenters. The third-order valence-corrected chi connectivity index (χ3v) is 2.70. The van der Waals surface area contributed by atoms with Gasteiger partial charge in [0.1, 0.15) is 0 Å². The Morgan fingerprint density at radius 2 is 2.21 bits per heavy atom. The maximum Gasteiger partial charge on any atom is 0.176 e. The second-order valence-corrected chi connectivity index (χ2v) is 4.07. The molecule has 2 rings (SSSR count). The monoisotopic (exact) mass is 189 g/mol. The molecule has 0 radical (unpaired) electrons. The lowest BCUT2D eigenvalue weighted by atomic mass is 9.98. The molecule has 74 valence electrons. The van der Waals surface area contributed by atoms with Gasteiger partial charge in [-0.05, 0) is 31.9 Å². The Labute approximate surface area is 84.3 Å². The Hall–Kier alpha value is -1.15. The molecule has 1 aromatic rings. The number of ketones is 1. The number of nitrogens with one attached hydrogen (secondary N) is 1. The predicted octanol–water partition coefficient (Wildman–Crippen LogP) is 1.71. The highest BCUT2D eigenvalue weighted by molar-refractivity contribution is 5.99. The number of fused-ring (bicyclic) bond motifs is 1. The van der Waals surface area contributed by atoms with Crippen LogP contribution in [0.2, 0.25) is 0 Å². The summed E-state index contributed by atoms with van der Waals surface area (Å²) >= 11 is 0. The summed E-state index contributed by atoms with van der Waals surface area (Å²) in [5.41, 5.74) is 3.24. The lowest BCUT2D eigenvalue weighted by Crippen LogP contribution is -2.29. The highest BCUT2D eigenvalue weighted by Crippen LogP contribution is 2.16. The fourth-order valence-corrected chi connectivity index (χ4v) is 1.89. The van der Waals surface area contributed by atoms with E-state index in [2.05, 4.69) is 24.4 Å². The molecule has 0 saturated heterocycles. The first-order valence-electron chi connectivity index (χ1n) is 5.03. The number of rotatable bonds is 0. The van der Waals surface area contributed by atoms with Crippen molar-refractivity contribution in [1.82, 2.24) is 5.32 Å². The van der Waals surface area contributed by atoms with Crippen LogP contribution in [0.3, 0.4) is 0 Å². The van der Waals surface area contributed by atoms with Crippen molar-refractivity contribution < 1.29 is 4.79 Å². The highest BCUT2D eigenvalue weighted by atomic mass is 16.1. The van der Waals surface area contributed by atoms with Crippen LogP contribution >= 0.6 is 0 Å². The van der Waals surface area contributed by atoms with Gasteiger partial charge in [-0.15, -0.1) is 0 Å². The van der Waals surface area contributed by atoms with E-state index in [4.69, 9.17) is 0 Å². The molecule has 0 bridgehead atoms. The van der Waals surface area contributed by atoms with Crippen molar-refractivity contribution in [2.24, 2.45) is 0 Å². The summed E-state index contributed by atoms with van der Waals surface area (Å²) in [7, 11) is 0. The van der Waals surface area contributed by atoms with Crippen LogP contribution in [0.5, 0.6) is 0 Å². The van der Waals surface area contributed by atoms with E-state index < -0.39 is 0 Å². The lowest BCUT2D eigenvalue weighted by molar-refractivity contribution is 0.0991. The van der Waals surface area contributed by atoms with Gasteiger partial charge < -0.3 is 5.32 Å². The van der Waals surface area contributed by atoms with Gasteiger partial charge in [0.2, 0.25) is 0 Å². The molecule has 0 fully saturated rings. The molecular weight excluding hydrogens is 174 g/mol. The maximum absolute atomic E-state index is 11.7. The minimum Gasteiger partial charge on any atom is -0.307 e. The topological polar surface area (TPSA) is 29.1 Å². The summed E-state index contributed by atoms with van der Waals surface area (Å²) in [4.78, 5) is 11.7. The number of benzene rings is 1. The second-order valence-electron chi connectivity index (χ2n) is 4.07. The van der Waals surface area contributed by atoms with Crippen LogP contribution in [0.4, 0.5) is 0 Å². The van der Waals surface area contributed by atoms with Gasteiger partial charge in [-0.1, -0.05) is 17.7 Å². The van der Waals surface area contributed by atoms with Crippen LogP contribution in [0.25, 0.3) is 0 Å². The zero-order valence-corrected chi connectivity index (χ0v) is 8.63. The summed E-state index contributed by atoms with van der Waals surface area (Å²) in [6.07, 6.45) is 0.946. The average molecular weight is 189 g/mol. The van der Waals surface area contributed by atoms with Crippen LogP contribution in [-0.4, -0.2) is 18.4 Å². The molecular formula is C12H15NO. The van der Waals surface area contributed by atoms with Gasteiger partial charge in [0, 0.05) is 11.6 Å². The van der Waals surface area contributed by atoms with Crippen LogP contribution in [0.1, 0.15) is 28.4 Å². The quantitative estimate of drug-likeness (QED) is 0.673. The Balaban J connectivity index is 2.47. The second kappa shape index (κ2) is 3.54. The van der Waals surface area contributed by atoms with Gasteiger partial charge in [0.25, 0.3) is 0 Å². The smallest absolute Gasteiger partial charge is 0.176 e. The molecule has 1 atom stereocenters. The predicted molar refractivity (Wildman–Crippen MR) is 56.7 cm³/mol. The van der Waals surface area contributed by atoms with E-state index in [1.165, 1.54) is 5.56 Å². The zero-order chi connectivity index (χ0) is 10.1. The molecule has 0 aliphatic carbocycles. The molecule has 0 amide bonds. The molecule has 0 saturated carbocycles. The molecule has 1 aromatic carbocycles. The van der Waals surface area contributed by atoms with E-state index in [-0.39, 0.29) is 5.78 Å². The lowest BCUT2D eigenvalue weighted by Gasteiger charge is -2.08. The van der Waals surface area contributed by atoms with E-state index in [1.54, 1.807) is 0 Å². The Morgan fingerprint density at radius 1 is 1.43 bits per heavy atom. The normalized spacial score (nSPS) is 21.6. The Bertz CT molecular complexity index is 371. The number of Topliss-reactive ketones (excluding diaryl/α,β-unsaturated/α-hetero) is 1. The van der Waals surface area contributed by atoms with E-state index in [0.717, 1.165) is 17.5 Å². The minimum absolute atomic E-state index is 0.216. The van der Waals surface area contributed by atoms with Crippen molar-refractivity contribution in [3.05, 3.63) is 34.9 Å². The largest absolute Gasteiger partial charge is 0.307 e. The molecule has 2 heteroatoms. The third kappa shape index (κ3) is 1.70. The zero-order valence-electron chi connectivity index (χ0n) is 8.63. The van der Waals surface area contributed by atoms with Crippen molar-refractivity contribution in [2.75, 3.05) is 6.54 Å². The Morgan fingerprint density at radius 3 is 3.00 bits per heavy atom. The van der Waals surface area contributed by atoms with Crippen molar-refractivity contribution in [1.29, 1.82) is 0 Å². The van der Waals surface area contributed by atoms with Crippen molar-refractivity contribution >= 4 is 5.78 Å². The first kappa shape index (κ1) is 9.41. The summed E-state index contributed by atoms with van der Waals surface area (Å²) < 4.78 is 0. The fraction of sp³-hybridized carbons (Fsp3) is 0.417. The van der Waals surface area contributed by atoms with E-state index in [9.17, 15) is 4.79 Å². The van der Waals surface area contributed by atoms with Crippen LogP contribution in [0.15, 0.2) is 18.2 Å². The number of carbonyl (C=O) groups is 1. The fourth-order valence-electron chi connectivity index (χ4n) is 1.89. The molecule has 1 N–H and O–H groups in total. The molecule has 1 aliphatic rings. The Kier molecular flexibility index (Phi) is 2.38. The van der Waals surface area contributed by atoms with Gasteiger partial charge in [-0.3, -0.25) is 4.79 Å². The highest BCUT2D eigenvalue weighted by Gasteiger charge is 2.18. The SMILES string of the molecule is Cc1ccc2c(c1)C(=O)CNC(C)C2. The standard InChI is InChI=1S/C12H15NO/c1-8-3-4-10-6-9(2)13-7-12(14)11(10)5-8/h3-5,9,13H,6-7H2,1-2H3. The molecule has 1 aliphatic heterocycles. The van der Waals surface area contributed by atoms with Gasteiger partial charge in [0.05, 0.1) is 6.54 Å². The molecule has 2 nitrogen and oxygen atoms in total. The van der Waals surface area contributed by atoms with E-state index >= 15 is 0 Å². The molecule has 14 heavy (non-hydrogen) atoms. The van der Waals surface area contributed by atoms with Crippen LogP contribution in [0, 0.1) is 6.92 Å². The molecule has 0 spiro atoms. The average Bonchev–Trinajstić information content (AvgIpc) is 2.29. The van der Waals surface area contributed by atoms with E-state index in [0.29, 0.717) is 12.6 Å². The van der Waals surface area contributed by atoms with Crippen molar-refractivity contribution in [3.8, 4) is 0 Å². The molecule has 1 heterocycles. The maximum atomic E-state index is 11.7. The first-order chi connectivity index (χ1) is 6.66. The van der Waals surface area contributed by atoms with Crippen molar-refractivity contribution in [2.45, 2.75) is 26.3 Å². The van der Waals surface area contributed by atoms with Gasteiger partial charge >= 0.3 is 0 Å². The van der Waals surface area contributed by atoms with Gasteiger partial charge in [-0.2, -0.15) is 0 Å². The minimum atomic E-state index is 0.216. The summed E-state index contributed by atoms with van der Waals surface area (Å²) in [5, 5.41) is 3.21. The van der Waals surface area contributed by atoms with Gasteiger partial charge in [0.15, 0.2) is 5.78 Å². The van der Waals surface area contributed by atoms with E-state index in [1.807, 2.05) is 13.0 Å². The molecule has 0 aromatic heterocycles. The number of carbonyl (C=O) groups excluding carboxylic acids is 1. The third-order valence-electron chi connectivity index (χ3n) is 2.70. The summed E-state index contributed by atoms with van der Waals surface area (Å²) in [6.45, 7) is 4.61. The first-order valence-corrected chi connectivity index (χ1v) is 5.03. The number of aryl methyl sites for hydroxylation is 1. The van der Waals surface area contributed by atoms with Gasteiger partial charge in [-0.25, -0.2) is 0 Å². The summed E-state index contributed by atoms with van der Waals surface area (Å²) in [5.74, 6) is 0.216. The number of hydrogen-bond donors (Lipinski definition) is 1.